The molecule has 3 aromatic rings. The van der Waals surface area contributed by atoms with Crippen LogP contribution in [0.1, 0.15) is 11.6 Å². The number of nitrogens with one attached hydrogen (secondary N) is 2. The number of benzene rings is 2. The number of hydrogen-bond acceptors (Lipinski definition) is 4. The second kappa shape index (κ2) is 8.18. The molecule has 2 aromatic carbocycles. The van der Waals surface area contributed by atoms with E-state index in [1.54, 1.807) is 36.4 Å². The maximum atomic E-state index is 13.5. The Morgan fingerprint density at radius 3 is 2.64 bits per heavy atom. The molecule has 0 spiro atoms. The quantitative estimate of drug-likeness (QED) is 0.670. The third kappa shape index (κ3) is 4.17. The van der Waals surface area contributed by atoms with Gasteiger partial charge in [0.1, 0.15) is 12.4 Å². The van der Waals surface area contributed by atoms with Gasteiger partial charge in [0, 0.05) is 6.54 Å². The molecular weight excluding hydrogens is 363 g/mol. The first kappa shape index (κ1) is 19.5. The monoisotopic (exact) mass is 384 g/mol. The first-order chi connectivity index (χ1) is 13.4. The van der Waals surface area contributed by atoms with Gasteiger partial charge < -0.3 is 10.2 Å². The molecule has 0 fully saturated rings. The molecule has 28 heavy (non-hydrogen) atoms. The third-order valence-corrected chi connectivity index (χ3v) is 4.56. The van der Waals surface area contributed by atoms with Crippen LogP contribution in [0.2, 0.25) is 0 Å². The highest BCUT2D eigenvalue weighted by atomic mass is 19.1. The Morgan fingerprint density at radius 1 is 1.18 bits per heavy atom. The minimum Gasteiger partial charge on any atom is -0.353 e. The van der Waals surface area contributed by atoms with Gasteiger partial charge in [-0.3, -0.25) is 19.1 Å². The Bertz CT molecular complexity index is 1120. The molecule has 8 heteroatoms. The van der Waals surface area contributed by atoms with E-state index in [0.29, 0.717) is 10.9 Å². The molecule has 2 N–H and O–H groups in total. The summed E-state index contributed by atoms with van der Waals surface area (Å²) in [7, 11) is 3.67. The van der Waals surface area contributed by atoms with Gasteiger partial charge >= 0.3 is 5.69 Å². The second-order valence-electron chi connectivity index (χ2n) is 6.70. The van der Waals surface area contributed by atoms with E-state index in [1.165, 1.54) is 16.7 Å². The summed E-state index contributed by atoms with van der Waals surface area (Å²) >= 11 is 0. The van der Waals surface area contributed by atoms with E-state index < -0.39 is 11.2 Å². The first-order valence-electron chi connectivity index (χ1n) is 8.77. The average Bonchev–Trinajstić information content (AvgIpc) is 2.65. The molecule has 1 atom stereocenters. The van der Waals surface area contributed by atoms with E-state index in [0.717, 1.165) is 5.56 Å². The predicted molar refractivity (Wildman–Crippen MR) is 105 cm³/mol. The fraction of sp³-hybridized carbons (Fsp3) is 0.250. The molecule has 1 unspecified atom stereocenters. The SMILES string of the molecule is CN(C)C(CNC(=O)Cn1c(=O)[nH]c(=O)c2ccccc21)c1cccc(F)c1. The summed E-state index contributed by atoms with van der Waals surface area (Å²) in [5.41, 5.74) is -0.0122. The van der Waals surface area contributed by atoms with Crippen molar-refractivity contribution >= 4 is 16.8 Å². The summed E-state index contributed by atoms with van der Waals surface area (Å²) in [5.74, 6) is -0.732. The summed E-state index contributed by atoms with van der Waals surface area (Å²) in [4.78, 5) is 40.6. The van der Waals surface area contributed by atoms with Crippen molar-refractivity contribution < 1.29 is 9.18 Å². The Kier molecular flexibility index (Phi) is 5.70. The zero-order valence-corrected chi connectivity index (χ0v) is 15.6. The van der Waals surface area contributed by atoms with Gasteiger partial charge in [-0.2, -0.15) is 0 Å². The summed E-state index contributed by atoms with van der Waals surface area (Å²) in [6.07, 6.45) is 0. The molecule has 0 bridgehead atoms. The van der Waals surface area contributed by atoms with Gasteiger partial charge in [-0.15, -0.1) is 0 Å². The molecule has 146 valence electrons. The Balaban J connectivity index is 1.78. The van der Waals surface area contributed by atoms with Crippen molar-refractivity contribution in [2.24, 2.45) is 0 Å². The second-order valence-corrected chi connectivity index (χ2v) is 6.70. The number of rotatable bonds is 6. The molecule has 1 heterocycles. The number of carbonyl (C=O) groups excluding carboxylic acids is 1. The standard InChI is InChI=1S/C20H21FN4O3/c1-24(2)17(13-6-5-7-14(21)10-13)11-22-18(26)12-25-16-9-4-3-8-15(16)19(27)23-20(25)28/h3-10,17H,11-12H2,1-2H3,(H,22,26)(H,23,27,28). The molecule has 7 nitrogen and oxygen atoms in total. The number of aromatic amines is 1. The van der Waals surface area contributed by atoms with Gasteiger partial charge in [-0.25, -0.2) is 9.18 Å². The normalized spacial score (nSPS) is 12.3. The number of hydrogen-bond donors (Lipinski definition) is 2. The number of H-pyrrole nitrogens is 1. The highest BCUT2D eigenvalue weighted by molar-refractivity contribution is 5.81. The zero-order chi connectivity index (χ0) is 20.3. The summed E-state index contributed by atoms with van der Waals surface area (Å²) in [6, 6.07) is 12.6. The van der Waals surface area contributed by atoms with Crippen LogP contribution in [0.4, 0.5) is 4.39 Å². The number of fused-ring (bicyclic) bond motifs is 1. The number of likely N-dealkylation sites (N-methyl/N-ethyl adjacent to an activating group) is 1. The van der Waals surface area contributed by atoms with Gasteiger partial charge in [0.25, 0.3) is 5.56 Å². The van der Waals surface area contributed by atoms with Crippen molar-refractivity contribution in [3.05, 3.63) is 80.7 Å². The molecule has 3 rings (SSSR count). The number of aromatic nitrogens is 2. The van der Waals surface area contributed by atoms with Crippen LogP contribution in [0, 0.1) is 5.82 Å². The van der Waals surface area contributed by atoms with Crippen molar-refractivity contribution in [3.63, 3.8) is 0 Å². The van der Waals surface area contributed by atoms with Crippen molar-refractivity contribution in [1.29, 1.82) is 0 Å². The number of amides is 1. The lowest BCUT2D eigenvalue weighted by atomic mass is 10.1. The lowest BCUT2D eigenvalue weighted by Gasteiger charge is -2.25. The number of nitrogens with zero attached hydrogens (tertiary/aromatic N) is 2. The smallest absolute Gasteiger partial charge is 0.329 e. The Labute approximate surface area is 160 Å². The predicted octanol–water partition coefficient (Wildman–Crippen LogP) is 1.25. The summed E-state index contributed by atoms with van der Waals surface area (Å²) in [6.45, 7) is 0.00471. The minimum absolute atomic E-state index is 0.233. The molecule has 1 amide bonds. The number of carbonyl (C=O) groups is 1. The van der Waals surface area contributed by atoms with Crippen molar-refractivity contribution in [2.75, 3.05) is 20.6 Å². The Hall–Kier alpha value is -3.26. The molecule has 0 aliphatic heterocycles. The summed E-state index contributed by atoms with van der Waals surface area (Å²) < 4.78 is 14.8. The van der Waals surface area contributed by atoms with E-state index >= 15 is 0 Å². The van der Waals surface area contributed by atoms with Gasteiger partial charge in [0.15, 0.2) is 0 Å². The molecular formula is C20H21FN4O3. The van der Waals surface area contributed by atoms with Crippen LogP contribution in [0.5, 0.6) is 0 Å². The average molecular weight is 384 g/mol. The fourth-order valence-corrected chi connectivity index (χ4v) is 3.12. The molecule has 0 saturated carbocycles. The molecule has 0 radical (unpaired) electrons. The van der Waals surface area contributed by atoms with Crippen LogP contribution in [0.15, 0.2) is 58.1 Å². The maximum absolute atomic E-state index is 13.5. The number of para-hydroxylation sites is 1. The highest BCUT2D eigenvalue weighted by Crippen LogP contribution is 2.18. The van der Waals surface area contributed by atoms with E-state index in [-0.39, 0.29) is 30.9 Å². The molecule has 0 saturated heterocycles. The third-order valence-electron chi connectivity index (χ3n) is 4.56. The van der Waals surface area contributed by atoms with Crippen LogP contribution < -0.4 is 16.6 Å². The van der Waals surface area contributed by atoms with Crippen LogP contribution >= 0.6 is 0 Å². The van der Waals surface area contributed by atoms with Crippen LogP contribution in [0.3, 0.4) is 0 Å². The first-order valence-corrected chi connectivity index (χ1v) is 8.77. The number of halogens is 1. The van der Waals surface area contributed by atoms with Gasteiger partial charge in [-0.05, 0) is 43.9 Å². The van der Waals surface area contributed by atoms with Gasteiger partial charge in [-0.1, -0.05) is 24.3 Å². The summed E-state index contributed by atoms with van der Waals surface area (Å²) in [5, 5.41) is 3.12. The Morgan fingerprint density at radius 2 is 1.93 bits per heavy atom. The zero-order valence-electron chi connectivity index (χ0n) is 15.6. The molecule has 0 aliphatic rings. The van der Waals surface area contributed by atoms with E-state index in [1.807, 2.05) is 19.0 Å². The molecule has 0 aliphatic carbocycles. The van der Waals surface area contributed by atoms with Gasteiger partial charge in [0.05, 0.1) is 16.9 Å². The van der Waals surface area contributed by atoms with E-state index in [2.05, 4.69) is 10.3 Å². The maximum Gasteiger partial charge on any atom is 0.329 e. The van der Waals surface area contributed by atoms with E-state index in [9.17, 15) is 18.8 Å². The van der Waals surface area contributed by atoms with Crippen molar-refractivity contribution in [2.45, 2.75) is 12.6 Å². The van der Waals surface area contributed by atoms with Crippen molar-refractivity contribution in [1.82, 2.24) is 19.8 Å². The van der Waals surface area contributed by atoms with Crippen LogP contribution in [-0.4, -0.2) is 41.0 Å². The lowest BCUT2D eigenvalue weighted by Crippen LogP contribution is -2.39. The van der Waals surface area contributed by atoms with E-state index in [4.69, 9.17) is 0 Å². The topological polar surface area (TPSA) is 87.2 Å². The highest BCUT2D eigenvalue weighted by Gasteiger charge is 2.17. The molecule has 1 aromatic heterocycles. The van der Waals surface area contributed by atoms with Crippen LogP contribution in [0.25, 0.3) is 10.9 Å². The van der Waals surface area contributed by atoms with Gasteiger partial charge in [0.2, 0.25) is 5.91 Å². The van der Waals surface area contributed by atoms with Crippen molar-refractivity contribution in [3.8, 4) is 0 Å². The largest absolute Gasteiger partial charge is 0.353 e. The minimum atomic E-state index is -0.645. The fourth-order valence-electron chi connectivity index (χ4n) is 3.12. The van der Waals surface area contributed by atoms with Crippen LogP contribution in [-0.2, 0) is 11.3 Å². The lowest BCUT2D eigenvalue weighted by molar-refractivity contribution is -0.121.